The third-order valence-corrected chi connectivity index (χ3v) is 2.44. The summed E-state index contributed by atoms with van der Waals surface area (Å²) < 4.78 is 10.6. The van der Waals surface area contributed by atoms with Crippen molar-refractivity contribution >= 4 is 35.1 Å². The molecule has 0 aliphatic carbocycles. The molecule has 1 aromatic rings. The molecule has 0 spiro atoms. The highest BCUT2D eigenvalue weighted by atomic mass is 35.5. The summed E-state index contributed by atoms with van der Waals surface area (Å²) in [4.78, 5) is 0. The number of halogens is 1. The van der Waals surface area contributed by atoms with Crippen LogP contribution in [0, 0.1) is 0 Å². The Balaban J connectivity index is 2.98. The van der Waals surface area contributed by atoms with Crippen molar-refractivity contribution in [2.45, 2.75) is 0 Å². The van der Waals surface area contributed by atoms with Crippen LogP contribution >= 0.6 is 23.8 Å². The summed E-state index contributed by atoms with van der Waals surface area (Å²) >= 11 is 10.7. The summed E-state index contributed by atoms with van der Waals surface area (Å²) in [6, 6.07) is 3.34. The number of nitrogens with two attached hydrogens (primary N) is 1. The van der Waals surface area contributed by atoms with Gasteiger partial charge in [0, 0.05) is 11.6 Å². The molecule has 0 aliphatic heterocycles. The molecule has 102 valence electrons. The monoisotopic (exact) mass is 299 g/mol. The van der Waals surface area contributed by atoms with E-state index in [1.807, 2.05) is 0 Å². The molecule has 3 N–H and O–H groups in total. The highest BCUT2D eigenvalue weighted by Crippen LogP contribution is 2.32. The van der Waals surface area contributed by atoms with Crippen molar-refractivity contribution in [1.82, 2.24) is 5.43 Å². The molecule has 19 heavy (non-hydrogen) atoms. The van der Waals surface area contributed by atoms with Gasteiger partial charge in [0.25, 0.3) is 0 Å². The fraction of sp³-hybridized carbons (Fsp3) is 0.167. The molecule has 0 aliphatic rings. The van der Waals surface area contributed by atoms with Crippen LogP contribution in [-0.2, 0) is 0 Å². The zero-order chi connectivity index (χ0) is 14.3. The Bertz CT molecular complexity index is 506. The van der Waals surface area contributed by atoms with E-state index in [1.165, 1.54) is 13.3 Å². The number of nitrogens with zero attached hydrogens (tertiary/aromatic N) is 1. The maximum absolute atomic E-state index is 6.11. The second-order valence-corrected chi connectivity index (χ2v) is 4.21. The lowest BCUT2D eigenvalue weighted by molar-refractivity contribution is 0.326. The zero-order valence-electron chi connectivity index (χ0n) is 10.4. The zero-order valence-corrected chi connectivity index (χ0v) is 11.9. The third-order valence-electron chi connectivity index (χ3n) is 2.02. The van der Waals surface area contributed by atoms with E-state index in [9.17, 15) is 0 Å². The van der Waals surface area contributed by atoms with Crippen molar-refractivity contribution < 1.29 is 9.47 Å². The quantitative estimate of drug-likeness (QED) is 0.364. The Hall–Kier alpha value is -1.79. The average molecular weight is 300 g/mol. The first kappa shape index (κ1) is 15.3. The molecule has 0 fully saturated rings. The van der Waals surface area contributed by atoms with Crippen LogP contribution < -0.4 is 20.6 Å². The summed E-state index contributed by atoms with van der Waals surface area (Å²) in [6.07, 6.45) is 3.12. The predicted octanol–water partition coefficient (Wildman–Crippen LogP) is 2.08. The summed E-state index contributed by atoms with van der Waals surface area (Å²) in [5.74, 6) is 1.08. The SMILES string of the molecule is C=CCOc1cc(Cl)c(C=NNC(N)=S)cc1OC. The molecule has 7 heteroatoms. The molecular formula is C12H14ClN3O2S. The molecule has 1 rings (SSSR count). The van der Waals surface area contributed by atoms with E-state index >= 15 is 0 Å². The standard InChI is InChI=1S/C12H14ClN3O2S/c1-3-4-18-11-6-9(13)8(5-10(11)17-2)7-15-16-12(14)19/h3,5-7H,1,4H2,2H3,(H3,14,16,19). The molecule has 0 unspecified atom stereocenters. The Labute approximate surface area is 122 Å². The number of hydrogen-bond donors (Lipinski definition) is 2. The minimum absolute atomic E-state index is 0.0743. The number of methoxy groups -OCH3 is 1. The van der Waals surface area contributed by atoms with Gasteiger partial charge in [-0.25, -0.2) is 0 Å². The summed E-state index contributed by atoms with van der Waals surface area (Å²) in [5, 5.41) is 4.37. The molecule has 0 saturated heterocycles. The maximum Gasteiger partial charge on any atom is 0.184 e. The normalized spacial score (nSPS) is 10.2. The molecular weight excluding hydrogens is 286 g/mol. The van der Waals surface area contributed by atoms with Crippen LogP contribution in [0.15, 0.2) is 29.9 Å². The maximum atomic E-state index is 6.11. The number of hydrazone groups is 1. The van der Waals surface area contributed by atoms with Gasteiger partial charge in [-0.2, -0.15) is 5.10 Å². The van der Waals surface area contributed by atoms with Gasteiger partial charge in [0.05, 0.1) is 18.3 Å². The number of ether oxygens (including phenoxy) is 2. The Morgan fingerprint density at radius 3 is 2.89 bits per heavy atom. The van der Waals surface area contributed by atoms with E-state index in [-0.39, 0.29) is 5.11 Å². The lowest BCUT2D eigenvalue weighted by Crippen LogP contribution is -2.24. The predicted molar refractivity (Wildman–Crippen MR) is 81.2 cm³/mol. The van der Waals surface area contributed by atoms with E-state index in [2.05, 4.69) is 29.3 Å². The molecule has 0 bridgehead atoms. The summed E-state index contributed by atoms with van der Waals surface area (Å²) in [5.41, 5.74) is 8.34. The Kier molecular flexibility index (Phi) is 6.11. The molecule has 5 nitrogen and oxygen atoms in total. The van der Waals surface area contributed by atoms with Gasteiger partial charge in [-0.1, -0.05) is 24.3 Å². The second-order valence-electron chi connectivity index (χ2n) is 3.36. The number of nitrogens with one attached hydrogen (secondary N) is 1. The van der Waals surface area contributed by atoms with Crippen LogP contribution in [0.1, 0.15) is 5.56 Å². The van der Waals surface area contributed by atoms with Crippen LogP contribution in [0.25, 0.3) is 0 Å². The highest BCUT2D eigenvalue weighted by Gasteiger charge is 2.09. The molecule has 0 saturated carbocycles. The van der Waals surface area contributed by atoms with Crippen LogP contribution in [0.4, 0.5) is 0 Å². The van der Waals surface area contributed by atoms with Gasteiger partial charge in [0.15, 0.2) is 16.6 Å². The molecule has 1 aromatic carbocycles. The minimum atomic E-state index is 0.0743. The van der Waals surface area contributed by atoms with Gasteiger partial charge >= 0.3 is 0 Å². The number of thiocarbonyl (C=S) groups is 1. The van der Waals surface area contributed by atoms with E-state index in [4.69, 9.17) is 26.8 Å². The number of benzene rings is 1. The van der Waals surface area contributed by atoms with Crippen molar-refractivity contribution in [2.75, 3.05) is 13.7 Å². The van der Waals surface area contributed by atoms with Crippen molar-refractivity contribution in [2.24, 2.45) is 10.8 Å². The summed E-state index contributed by atoms with van der Waals surface area (Å²) in [7, 11) is 1.54. The van der Waals surface area contributed by atoms with Gasteiger partial charge in [-0.3, -0.25) is 5.43 Å². The van der Waals surface area contributed by atoms with Gasteiger partial charge < -0.3 is 15.2 Å². The van der Waals surface area contributed by atoms with E-state index < -0.39 is 0 Å². The first-order valence-electron chi connectivity index (χ1n) is 5.28. The lowest BCUT2D eigenvalue weighted by atomic mass is 10.2. The molecule has 0 radical (unpaired) electrons. The van der Waals surface area contributed by atoms with E-state index in [0.717, 1.165) is 0 Å². The van der Waals surface area contributed by atoms with Crippen molar-refractivity contribution in [1.29, 1.82) is 0 Å². The topological polar surface area (TPSA) is 68.9 Å². The molecule has 0 amide bonds. The van der Waals surface area contributed by atoms with Crippen molar-refractivity contribution in [3.05, 3.63) is 35.4 Å². The molecule has 0 heterocycles. The first-order chi connectivity index (χ1) is 9.08. The van der Waals surface area contributed by atoms with Gasteiger partial charge in [0.1, 0.15) is 6.61 Å². The van der Waals surface area contributed by atoms with Gasteiger partial charge in [0.2, 0.25) is 0 Å². The molecule has 0 aromatic heterocycles. The van der Waals surface area contributed by atoms with E-state index in [0.29, 0.717) is 28.7 Å². The second kappa shape index (κ2) is 7.60. The van der Waals surface area contributed by atoms with Gasteiger partial charge in [-0.05, 0) is 18.3 Å². The smallest absolute Gasteiger partial charge is 0.184 e. The number of hydrogen-bond acceptors (Lipinski definition) is 4. The summed E-state index contributed by atoms with van der Waals surface area (Å²) in [6.45, 7) is 3.94. The van der Waals surface area contributed by atoms with Crippen LogP contribution in [0.2, 0.25) is 5.02 Å². The Morgan fingerprint density at radius 2 is 2.32 bits per heavy atom. The lowest BCUT2D eigenvalue weighted by Gasteiger charge is -2.11. The average Bonchev–Trinajstić information content (AvgIpc) is 2.38. The highest BCUT2D eigenvalue weighted by molar-refractivity contribution is 7.80. The largest absolute Gasteiger partial charge is 0.493 e. The van der Waals surface area contributed by atoms with Crippen LogP contribution in [-0.4, -0.2) is 25.0 Å². The minimum Gasteiger partial charge on any atom is -0.493 e. The van der Waals surface area contributed by atoms with Crippen LogP contribution in [0.5, 0.6) is 11.5 Å². The van der Waals surface area contributed by atoms with Gasteiger partial charge in [-0.15, -0.1) is 0 Å². The fourth-order valence-electron chi connectivity index (χ4n) is 1.24. The third kappa shape index (κ3) is 4.76. The van der Waals surface area contributed by atoms with E-state index in [1.54, 1.807) is 18.2 Å². The van der Waals surface area contributed by atoms with Crippen molar-refractivity contribution in [3.63, 3.8) is 0 Å². The Morgan fingerprint density at radius 1 is 1.58 bits per heavy atom. The molecule has 0 atom stereocenters. The van der Waals surface area contributed by atoms with Crippen LogP contribution in [0.3, 0.4) is 0 Å². The first-order valence-corrected chi connectivity index (χ1v) is 6.06. The van der Waals surface area contributed by atoms with Crippen molar-refractivity contribution in [3.8, 4) is 11.5 Å². The fourth-order valence-corrected chi connectivity index (χ4v) is 1.49. The number of rotatable bonds is 6.